The predicted molar refractivity (Wildman–Crippen MR) is 101 cm³/mol. The quantitative estimate of drug-likeness (QED) is 0.812. The first-order valence-electron chi connectivity index (χ1n) is 8.87. The fourth-order valence-electron chi connectivity index (χ4n) is 3.27. The van der Waals surface area contributed by atoms with E-state index in [9.17, 15) is 23.9 Å². The van der Waals surface area contributed by atoms with Crippen molar-refractivity contribution in [2.24, 2.45) is 0 Å². The average Bonchev–Trinajstić information content (AvgIpc) is 2.66. The smallest absolute Gasteiger partial charge is 0.251 e. The van der Waals surface area contributed by atoms with Gasteiger partial charge in [-0.3, -0.25) is 4.79 Å². The Bertz CT molecular complexity index is 824. The van der Waals surface area contributed by atoms with Crippen LogP contribution in [0.1, 0.15) is 32.1 Å². The highest BCUT2D eigenvalue weighted by atomic mass is 32.2. The molecule has 1 atom stereocenters. The van der Waals surface area contributed by atoms with Crippen molar-refractivity contribution in [3.8, 4) is 6.07 Å². The SMILES string of the molecule is N#CC1=CC=C(C(=O)Nc2ccc(F)c(F)c2)CC1SC1CCC(O)CC1. The number of carbonyl (C=O) groups is 1. The molecule has 3 rings (SSSR count). The standard InChI is InChI=1S/C20H20F2N2O2S/c21-17-8-3-14(10-18(17)22)24-20(26)12-1-2-13(11-23)19(9-12)27-16-6-4-15(25)5-7-16/h1-3,8,10,15-16,19,25H,4-7,9H2,(H,24,26). The Morgan fingerprint density at radius 3 is 2.59 bits per heavy atom. The van der Waals surface area contributed by atoms with Crippen LogP contribution >= 0.6 is 11.8 Å². The highest BCUT2D eigenvalue weighted by Crippen LogP contribution is 2.38. The van der Waals surface area contributed by atoms with E-state index < -0.39 is 11.6 Å². The molecule has 1 aromatic rings. The zero-order chi connectivity index (χ0) is 19.4. The van der Waals surface area contributed by atoms with Crippen molar-refractivity contribution >= 4 is 23.4 Å². The van der Waals surface area contributed by atoms with Crippen molar-refractivity contribution in [3.63, 3.8) is 0 Å². The van der Waals surface area contributed by atoms with E-state index in [0.717, 1.165) is 37.8 Å². The fraction of sp³-hybridized carbons (Fsp3) is 0.400. The molecule has 1 amide bonds. The van der Waals surface area contributed by atoms with Gasteiger partial charge in [0.1, 0.15) is 0 Å². The number of thioether (sulfide) groups is 1. The van der Waals surface area contributed by atoms with Crippen LogP contribution in [0.4, 0.5) is 14.5 Å². The molecule has 1 fully saturated rings. The number of allylic oxidation sites excluding steroid dienone is 2. The molecule has 0 heterocycles. The van der Waals surface area contributed by atoms with Crippen molar-refractivity contribution < 1.29 is 18.7 Å². The third kappa shape index (κ3) is 4.96. The van der Waals surface area contributed by atoms with Gasteiger partial charge in [-0.2, -0.15) is 5.26 Å². The molecule has 142 valence electrons. The van der Waals surface area contributed by atoms with Crippen LogP contribution in [0.15, 0.2) is 41.5 Å². The van der Waals surface area contributed by atoms with Crippen LogP contribution in [0.2, 0.25) is 0 Å². The van der Waals surface area contributed by atoms with Gasteiger partial charge in [0.05, 0.1) is 12.2 Å². The first-order chi connectivity index (χ1) is 13.0. The third-order valence-electron chi connectivity index (χ3n) is 4.81. The Labute approximate surface area is 161 Å². The Morgan fingerprint density at radius 1 is 1.19 bits per heavy atom. The van der Waals surface area contributed by atoms with Crippen molar-refractivity contribution in [1.82, 2.24) is 0 Å². The van der Waals surface area contributed by atoms with E-state index in [0.29, 0.717) is 22.8 Å². The van der Waals surface area contributed by atoms with Crippen molar-refractivity contribution in [2.75, 3.05) is 5.32 Å². The van der Waals surface area contributed by atoms with Crippen LogP contribution in [0.25, 0.3) is 0 Å². The van der Waals surface area contributed by atoms with E-state index in [4.69, 9.17) is 0 Å². The molecule has 27 heavy (non-hydrogen) atoms. The topological polar surface area (TPSA) is 73.1 Å². The third-order valence-corrected chi connectivity index (χ3v) is 6.42. The molecule has 2 aliphatic rings. The number of amides is 1. The molecule has 1 aromatic carbocycles. The highest BCUT2D eigenvalue weighted by molar-refractivity contribution is 8.00. The second-order valence-electron chi connectivity index (χ2n) is 6.77. The maximum absolute atomic E-state index is 13.3. The van der Waals surface area contributed by atoms with Gasteiger partial charge >= 0.3 is 0 Å². The number of halogens is 2. The minimum atomic E-state index is -1.02. The summed E-state index contributed by atoms with van der Waals surface area (Å²) in [5.41, 5.74) is 1.29. The van der Waals surface area contributed by atoms with Gasteiger partial charge in [0.25, 0.3) is 5.91 Å². The Hall–Kier alpha value is -2.17. The van der Waals surface area contributed by atoms with Crippen molar-refractivity contribution in [1.29, 1.82) is 5.26 Å². The summed E-state index contributed by atoms with van der Waals surface area (Å²) in [7, 11) is 0. The molecule has 0 saturated heterocycles. The van der Waals surface area contributed by atoms with Crippen LogP contribution in [-0.4, -0.2) is 27.6 Å². The summed E-state index contributed by atoms with van der Waals surface area (Å²) in [5, 5.41) is 21.8. The number of anilines is 1. The Morgan fingerprint density at radius 2 is 1.93 bits per heavy atom. The Balaban J connectivity index is 1.66. The summed E-state index contributed by atoms with van der Waals surface area (Å²) in [4.78, 5) is 12.5. The van der Waals surface area contributed by atoms with Gasteiger partial charge in [0, 0.05) is 33.4 Å². The number of nitriles is 1. The number of hydrogen-bond donors (Lipinski definition) is 2. The highest BCUT2D eigenvalue weighted by Gasteiger charge is 2.28. The summed E-state index contributed by atoms with van der Waals surface area (Å²) in [5.74, 6) is -2.38. The van der Waals surface area contributed by atoms with Gasteiger partial charge in [-0.05, 0) is 50.3 Å². The lowest BCUT2D eigenvalue weighted by atomic mass is 9.97. The first kappa shape index (κ1) is 19.6. The number of hydrogen-bond acceptors (Lipinski definition) is 4. The maximum Gasteiger partial charge on any atom is 0.251 e. The van der Waals surface area contributed by atoms with Crippen LogP contribution in [0.3, 0.4) is 0 Å². The molecule has 2 N–H and O–H groups in total. The van der Waals surface area contributed by atoms with Crippen LogP contribution in [-0.2, 0) is 4.79 Å². The second-order valence-corrected chi connectivity index (χ2v) is 8.28. The molecule has 4 nitrogen and oxygen atoms in total. The van der Waals surface area contributed by atoms with E-state index >= 15 is 0 Å². The number of nitrogens with one attached hydrogen (secondary N) is 1. The number of carbonyl (C=O) groups excluding carboxylic acids is 1. The van der Waals surface area contributed by atoms with E-state index in [1.807, 2.05) is 0 Å². The maximum atomic E-state index is 13.3. The Kier molecular flexibility index (Phi) is 6.30. The molecule has 0 bridgehead atoms. The summed E-state index contributed by atoms with van der Waals surface area (Å²) >= 11 is 1.68. The fourth-order valence-corrected chi connectivity index (χ4v) is 4.84. The number of benzene rings is 1. The van der Waals surface area contributed by atoms with Gasteiger partial charge in [0.2, 0.25) is 0 Å². The van der Waals surface area contributed by atoms with Gasteiger partial charge in [-0.15, -0.1) is 11.8 Å². The van der Waals surface area contributed by atoms with Crippen molar-refractivity contribution in [3.05, 3.63) is 53.1 Å². The molecular formula is C20H20F2N2O2S. The van der Waals surface area contributed by atoms with Crippen LogP contribution in [0, 0.1) is 23.0 Å². The molecule has 0 aromatic heterocycles. The minimum absolute atomic E-state index is 0.119. The van der Waals surface area contributed by atoms with Gasteiger partial charge in [-0.1, -0.05) is 6.08 Å². The number of aliphatic hydroxyl groups is 1. The number of rotatable bonds is 4. The van der Waals surface area contributed by atoms with Crippen LogP contribution < -0.4 is 5.32 Å². The summed E-state index contributed by atoms with van der Waals surface area (Å²) < 4.78 is 26.3. The zero-order valence-corrected chi connectivity index (χ0v) is 15.4. The minimum Gasteiger partial charge on any atom is -0.393 e. The average molecular weight is 390 g/mol. The summed E-state index contributed by atoms with van der Waals surface area (Å²) in [6, 6.07) is 5.40. The van der Waals surface area contributed by atoms with Crippen LogP contribution in [0.5, 0.6) is 0 Å². The second kappa shape index (κ2) is 8.68. The monoisotopic (exact) mass is 390 g/mol. The molecule has 0 spiro atoms. The zero-order valence-electron chi connectivity index (χ0n) is 14.6. The summed E-state index contributed by atoms with van der Waals surface area (Å²) in [6.45, 7) is 0. The van der Waals surface area contributed by atoms with Gasteiger partial charge < -0.3 is 10.4 Å². The number of aliphatic hydroxyl groups excluding tert-OH is 1. The van der Waals surface area contributed by atoms with Gasteiger partial charge in [-0.25, -0.2) is 8.78 Å². The van der Waals surface area contributed by atoms with E-state index in [1.165, 1.54) is 6.07 Å². The number of nitrogens with zero attached hydrogens (tertiary/aromatic N) is 1. The van der Waals surface area contributed by atoms with E-state index in [2.05, 4.69) is 11.4 Å². The molecule has 1 saturated carbocycles. The lowest BCUT2D eigenvalue weighted by Crippen LogP contribution is -2.25. The molecule has 1 unspecified atom stereocenters. The molecular weight excluding hydrogens is 370 g/mol. The van der Waals surface area contributed by atoms with E-state index in [-0.39, 0.29) is 22.9 Å². The normalized spacial score (nSPS) is 25.2. The lowest BCUT2D eigenvalue weighted by Gasteiger charge is -2.29. The molecule has 0 aliphatic heterocycles. The molecule has 0 radical (unpaired) electrons. The molecule has 7 heteroatoms. The van der Waals surface area contributed by atoms with Gasteiger partial charge in [0.15, 0.2) is 11.6 Å². The largest absolute Gasteiger partial charge is 0.393 e. The molecule has 2 aliphatic carbocycles. The van der Waals surface area contributed by atoms with E-state index in [1.54, 1.807) is 23.9 Å². The first-order valence-corrected chi connectivity index (χ1v) is 9.81. The van der Waals surface area contributed by atoms with Crippen molar-refractivity contribution in [2.45, 2.75) is 48.7 Å². The lowest BCUT2D eigenvalue weighted by molar-refractivity contribution is -0.113. The predicted octanol–water partition coefficient (Wildman–Crippen LogP) is 4.09. The summed E-state index contributed by atoms with van der Waals surface area (Å²) in [6.07, 6.45) is 6.72.